The summed E-state index contributed by atoms with van der Waals surface area (Å²) in [5.74, 6) is 1.06. The number of rotatable bonds is 5. The second kappa shape index (κ2) is 7.20. The van der Waals surface area contributed by atoms with Crippen LogP contribution in [0.3, 0.4) is 0 Å². The molecule has 0 aliphatic heterocycles. The van der Waals surface area contributed by atoms with Gasteiger partial charge in [-0.05, 0) is 36.8 Å². The molecule has 0 aliphatic carbocycles. The van der Waals surface area contributed by atoms with Gasteiger partial charge in [0.25, 0.3) is 0 Å². The number of hydrogen-bond acceptors (Lipinski definition) is 4. The molecule has 1 aromatic heterocycles. The molecule has 0 aliphatic rings. The molecule has 0 atom stereocenters. The zero-order chi connectivity index (χ0) is 17.7. The van der Waals surface area contributed by atoms with Gasteiger partial charge in [0.1, 0.15) is 5.69 Å². The van der Waals surface area contributed by atoms with Crippen molar-refractivity contribution in [1.82, 2.24) is 9.97 Å². The smallest absolute Gasteiger partial charge is 0.431 e. The maximum absolute atomic E-state index is 12.7. The van der Waals surface area contributed by atoms with E-state index in [-0.39, 0.29) is 5.69 Å². The fourth-order valence-corrected chi connectivity index (χ4v) is 1.96. The van der Waals surface area contributed by atoms with E-state index in [1.54, 1.807) is 23.2 Å². The lowest BCUT2D eigenvalue weighted by molar-refractivity contribution is -0.141. The van der Waals surface area contributed by atoms with Crippen LogP contribution in [0.2, 0.25) is 0 Å². The molecule has 1 aromatic carbocycles. The second-order valence-corrected chi connectivity index (χ2v) is 4.70. The van der Waals surface area contributed by atoms with Gasteiger partial charge in [-0.3, -0.25) is 0 Å². The minimum absolute atomic E-state index is 0.0982. The van der Waals surface area contributed by atoms with Crippen LogP contribution in [-0.2, 0) is 6.18 Å². The molecular weight excluding hydrogens is 325 g/mol. The molecule has 24 heavy (non-hydrogen) atoms. The fourth-order valence-electron chi connectivity index (χ4n) is 1.96. The van der Waals surface area contributed by atoms with Crippen molar-refractivity contribution in [2.75, 3.05) is 13.7 Å². The van der Waals surface area contributed by atoms with E-state index in [0.29, 0.717) is 23.7 Å². The zero-order valence-corrected chi connectivity index (χ0v) is 13.0. The van der Waals surface area contributed by atoms with E-state index in [0.717, 1.165) is 6.07 Å². The molecule has 1 heterocycles. The number of H-pyrrole nitrogens is 1. The molecule has 2 rings (SSSR count). The Balaban J connectivity index is 2.31. The summed E-state index contributed by atoms with van der Waals surface area (Å²) in [5, 5.41) is 0. The number of aromatic nitrogens is 2. The summed E-state index contributed by atoms with van der Waals surface area (Å²) in [4.78, 5) is 16.4. The van der Waals surface area contributed by atoms with Crippen LogP contribution in [0.15, 0.2) is 29.1 Å². The number of nitrogens with one attached hydrogen (secondary N) is 1. The highest BCUT2D eigenvalue weighted by atomic mass is 19.4. The van der Waals surface area contributed by atoms with Crippen molar-refractivity contribution >= 4 is 12.2 Å². The Morgan fingerprint density at radius 1 is 1.21 bits per heavy atom. The van der Waals surface area contributed by atoms with Crippen LogP contribution in [0.5, 0.6) is 11.5 Å². The van der Waals surface area contributed by atoms with E-state index in [9.17, 15) is 18.0 Å². The van der Waals surface area contributed by atoms with Crippen molar-refractivity contribution in [3.63, 3.8) is 0 Å². The molecule has 0 amide bonds. The van der Waals surface area contributed by atoms with Crippen LogP contribution >= 0.6 is 0 Å². The van der Waals surface area contributed by atoms with E-state index in [1.807, 2.05) is 6.92 Å². The molecule has 0 saturated heterocycles. The van der Waals surface area contributed by atoms with Gasteiger partial charge in [-0.15, -0.1) is 0 Å². The number of benzene rings is 1. The van der Waals surface area contributed by atoms with Crippen molar-refractivity contribution in [1.29, 1.82) is 0 Å². The van der Waals surface area contributed by atoms with Gasteiger partial charge in [0.2, 0.25) is 0 Å². The fraction of sp³-hybridized carbons (Fsp3) is 0.250. The Bertz CT molecular complexity index is 798. The molecule has 8 heteroatoms. The number of methoxy groups -OCH3 is 1. The third-order valence-corrected chi connectivity index (χ3v) is 3.00. The second-order valence-electron chi connectivity index (χ2n) is 4.70. The maximum Gasteiger partial charge on any atom is 0.431 e. The molecule has 2 aromatic rings. The zero-order valence-electron chi connectivity index (χ0n) is 13.0. The van der Waals surface area contributed by atoms with Crippen molar-refractivity contribution < 1.29 is 22.6 Å². The first-order chi connectivity index (χ1) is 11.3. The molecule has 5 nitrogen and oxygen atoms in total. The largest absolute Gasteiger partial charge is 0.493 e. The van der Waals surface area contributed by atoms with Gasteiger partial charge >= 0.3 is 11.9 Å². The van der Waals surface area contributed by atoms with E-state index < -0.39 is 17.6 Å². The van der Waals surface area contributed by atoms with Gasteiger partial charge in [-0.25, -0.2) is 4.79 Å². The van der Waals surface area contributed by atoms with Gasteiger partial charge in [0.15, 0.2) is 11.5 Å². The molecule has 1 N–H and O–H groups in total. The maximum atomic E-state index is 12.7. The van der Waals surface area contributed by atoms with Crippen LogP contribution in [0, 0.1) is 0 Å². The first-order valence-corrected chi connectivity index (χ1v) is 7.01. The molecule has 128 valence electrons. The SMILES string of the molecule is CCOc1ccc(C=Cc2cc(C(F)(F)F)[nH]c(=O)n2)cc1OC. The molecule has 0 bridgehead atoms. The molecule has 0 unspecified atom stereocenters. The molecule has 0 fully saturated rings. The molecule has 0 radical (unpaired) electrons. The number of halogens is 3. The number of hydrogen-bond donors (Lipinski definition) is 1. The van der Waals surface area contributed by atoms with Gasteiger partial charge in [-0.1, -0.05) is 12.1 Å². The summed E-state index contributed by atoms with van der Waals surface area (Å²) in [6.45, 7) is 2.31. The lowest BCUT2D eigenvalue weighted by Gasteiger charge is -2.09. The van der Waals surface area contributed by atoms with Crippen molar-refractivity contribution in [2.24, 2.45) is 0 Å². The summed E-state index contributed by atoms with van der Waals surface area (Å²) >= 11 is 0. The van der Waals surface area contributed by atoms with Gasteiger partial charge in [0.05, 0.1) is 19.4 Å². The van der Waals surface area contributed by atoms with Crippen molar-refractivity contribution in [3.05, 3.63) is 51.7 Å². The predicted molar refractivity (Wildman–Crippen MR) is 83.0 cm³/mol. The van der Waals surface area contributed by atoms with Gasteiger partial charge in [0, 0.05) is 0 Å². The highest BCUT2D eigenvalue weighted by Gasteiger charge is 2.32. The summed E-state index contributed by atoms with van der Waals surface area (Å²) in [6, 6.07) is 5.83. The number of aromatic amines is 1. The first kappa shape index (κ1) is 17.6. The highest BCUT2D eigenvalue weighted by Crippen LogP contribution is 2.29. The first-order valence-electron chi connectivity index (χ1n) is 7.01. The Labute approximate surface area is 135 Å². The average molecular weight is 340 g/mol. The topological polar surface area (TPSA) is 64.2 Å². The Morgan fingerprint density at radius 2 is 1.96 bits per heavy atom. The summed E-state index contributed by atoms with van der Waals surface area (Å²) in [6.07, 6.45) is -1.80. The lowest BCUT2D eigenvalue weighted by Crippen LogP contribution is -2.19. The quantitative estimate of drug-likeness (QED) is 0.906. The van der Waals surface area contributed by atoms with E-state index in [4.69, 9.17) is 9.47 Å². The highest BCUT2D eigenvalue weighted by molar-refractivity contribution is 5.69. The summed E-state index contributed by atoms with van der Waals surface area (Å²) in [7, 11) is 1.49. The van der Waals surface area contributed by atoms with E-state index >= 15 is 0 Å². The number of alkyl halides is 3. The Kier molecular flexibility index (Phi) is 5.28. The number of ether oxygens (including phenoxy) is 2. The van der Waals surface area contributed by atoms with Crippen LogP contribution in [0.4, 0.5) is 13.2 Å². The molecule has 0 spiro atoms. The Morgan fingerprint density at radius 3 is 2.58 bits per heavy atom. The van der Waals surface area contributed by atoms with E-state index in [2.05, 4.69) is 4.98 Å². The molecular formula is C16H15F3N2O3. The standard InChI is InChI=1S/C16H15F3N2O3/c1-3-24-12-7-5-10(8-13(12)23-2)4-6-11-9-14(16(17,18)19)21-15(22)20-11/h4-9H,3H2,1-2H3,(H,20,21,22). The lowest BCUT2D eigenvalue weighted by atomic mass is 10.1. The minimum Gasteiger partial charge on any atom is -0.493 e. The third kappa shape index (κ3) is 4.37. The normalized spacial score (nSPS) is 11.7. The monoisotopic (exact) mass is 340 g/mol. The molecule has 0 saturated carbocycles. The van der Waals surface area contributed by atoms with Crippen LogP contribution < -0.4 is 15.2 Å². The van der Waals surface area contributed by atoms with Crippen LogP contribution in [-0.4, -0.2) is 23.7 Å². The van der Waals surface area contributed by atoms with Crippen LogP contribution in [0.1, 0.15) is 23.9 Å². The third-order valence-electron chi connectivity index (χ3n) is 3.00. The summed E-state index contributed by atoms with van der Waals surface area (Å²) in [5.41, 5.74) is -1.65. The Hall–Kier alpha value is -2.77. The average Bonchev–Trinajstić information content (AvgIpc) is 2.53. The van der Waals surface area contributed by atoms with Gasteiger partial charge in [-0.2, -0.15) is 18.2 Å². The van der Waals surface area contributed by atoms with Crippen LogP contribution in [0.25, 0.3) is 12.2 Å². The predicted octanol–water partition coefficient (Wildman–Crippen LogP) is 3.37. The minimum atomic E-state index is -4.65. The summed E-state index contributed by atoms with van der Waals surface area (Å²) < 4.78 is 48.6. The van der Waals surface area contributed by atoms with Crippen molar-refractivity contribution in [2.45, 2.75) is 13.1 Å². The van der Waals surface area contributed by atoms with Gasteiger partial charge < -0.3 is 14.5 Å². The van der Waals surface area contributed by atoms with Crippen molar-refractivity contribution in [3.8, 4) is 11.5 Å². The van der Waals surface area contributed by atoms with E-state index in [1.165, 1.54) is 19.3 Å². The number of nitrogens with zero attached hydrogens (tertiary/aromatic N) is 1.